The second-order valence-electron chi connectivity index (χ2n) is 5.34. The summed E-state index contributed by atoms with van der Waals surface area (Å²) in [5, 5.41) is 6.59. The molecule has 21 heavy (non-hydrogen) atoms. The second-order valence-corrected chi connectivity index (χ2v) is 6.14. The number of anilines is 1. The van der Waals surface area contributed by atoms with Crippen molar-refractivity contribution in [1.29, 1.82) is 0 Å². The van der Waals surface area contributed by atoms with Crippen LogP contribution in [0.1, 0.15) is 43.5 Å². The second kappa shape index (κ2) is 9.55. The fraction of sp³-hybridized carbons (Fsp3) is 0.500. The summed E-state index contributed by atoms with van der Waals surface area (Å²) < 4.78 is 0. The molecule has 0 spiro atoms. The minimum atomic E-state index is -0.153. The van der Waals surface area contributed by atoms with Gasteiger partial charge in [0, 0.05) is 18.3 Å². The minimum absolute atomic E-state index is 0.0555. The highest BCUT2D eigenvalue weighted by molar-refractivity contribution is 9.09. The lowest BCUT2D eigenvalue weighted by molar-refractivity contribution is -0.116. The Morgan fingerprint density at radius 1 is 1.19 bits per heavy atom. The lowest BCUT2D eigenvalue weighted by Gasteiger charge is -2.12. The molecule has 5 heteroatoms. The van der Waals surface area contributed by atoms with Crippen LogP contribution in [-0.4, -0.2) is 23.7 Å². The van der Waals surface area contributed by atoms with Crippen molar-refractivity contribution in [2.45, 2.75) is 33.1 Å². The van der Waals surface area contributed by atoms with Crippen LogP contribution in [0.4, 0.5) is 5.69 Å². The number of nitrogens with one attached hydrogen (secondary N) is 2. The first-order valence-electron chi connectivity index (χ1n) is 7.27. The Hall–Kier alpha value is -1.36. The van der Waals surface area contributed by atoms with Crippen molar-refractivity contribution in [1.82, 2.24) is 5.32 Å². The van der Waals surface area contributed by atoms with E-state index in [0.717, 1.165) is 18.2 Å². The summed E-state index contributed by atoms with van der Waals surface area (Å²) in [5.41, 5.74) is 1.08. The third-order valence-corrected chi connectivity index (χ3v) is 3.46. The van der Waals surface area contributed by atoms with Crippen LogP contribution in [0.15, 0.2) is 24.3 Å². The fourth-order valence-corrected chi connectivity index (χ4v) is 2.17. The van der Waals surface area contributed by atoms with Gasteiger partial charge in [-0.05, 0) is 30.9 Å². The van der Waals surface area contributed by atoms with E-state index in [1.165, 1.54) is 0 Å². The lowest BCUT2D eigenvalue weighted by atomic mass is 10.1. The van der Waals surface area contributed by atoms with Gasteiger partial charge in [-0.1, -0.05) is 41.9 Å². The molecule has 1 rings (SSSR count). The Kier molecular flexibility index (Phi) is 8.05. The van der Waals surface area contributed by atoms with Crippen LogP contribution in [-0.2, 0) is 4.79 Å². The van der Waals surface area contributed by atoms with Gasteiger partial charge in [0.05, 0.1) is 11.3 Å². The van der Waals surface area contributed by atoms with Crippen molar-refractivity contribution in [3.8, 4) is 0 Å². The number of carbonyl (C=O) groups is 2. The molecule has 0 atom stereocenters. The van der Waals surface area contributed by atoms with Crippen LogP contribution < -0.4 is 10.6 Å². The molecule has 0 aliphatic carbocycles. The molecule has 1 aromatic rings. The third kappa shape index (κ3) is 6.76. The summed E-state index contributed by atoms with van der Waals surface area (Å²) in [4.78, 5) is 24.0. The molecule has 0 aliphatic rings. The Morgan fingerprint density at radius 3 is 2.57 bits per heavy atom. The Labute approximate surface area is 134 Å². The molecule has 0 aromatic heterocycles. The zero-order valence-electron chi connectivity index (χ0n) is 12.6. The molecule has 2 N–H and O–H groups in total. The van der Waals surface area contributed by atoms with Crippen LogP contribution in [0.25, 0.3) is 0 Å². The summed E-state index contributed by atoms with van der Waals surface area (Å²) in [6, 6.07) is 7.09. The molecule has 0 radical (unpaired) electrons. The monoisotopic (exact) mass is 354 g/mol. The number of alkyl halides is 1. The van der Waals surface area contributed by atoms with Crippen LogP contribution in [0.3, 0.4) is 0 Å². The van der Waals surface area contributed by atoms with E-state index in [2.05, 4.69) is 26.6 Å². The molecule has 1 aromatic carbocycles. The molecule has 0 fully saturated rings. The van der Waals surface area contributed by atoms with Crippen molar-refractivity contribution < 1.29 is 9.59 Å². The Balaban J connectivity index is 2.66. The summed E-state index contributed by atoms with van der Waals surface area (Å²) >= 11 is 3.34. The largest absolute Gasteiger partial charge is 0.352 e. The first-order valence-corrected chi connectivity index (χ1v) is 8.39. The molecule has 0 bridgehead atoms. The van der Waals surface area contributed by atoms with E-state index in [4.69, 9.17) is 0 Å². The molecule has 0 aliphatic heterocycles. The smallest absolute Gasteiger partial charge is 0.253 e. The Bertz CT molecular complexity index is 475. The number of hydrogen-bond donors (Lipinski definition) is 2. The van der Waals surface area contributed by atoms with Crippen LogP contribution >= 0.6 is 15.9 Å². The molecule has 0 unspecified atom stereocenters. The van der Waals surface area contributed by atoms with Crippen LogP contribution in [0.5, 0.6) is 0 Å². The van der Waals surface area contributed by atoms with E-state index < -0.39 is 0 Å². The molecule has 0 saturated heterocycles. The van der Waals surface area contributed by atoms with Crippen molar-refractivity contribution >= 4 is 33.4 Å². The quantitative estimate of drug-likeness (QED) is 0.553. The maximum absolute atomic E-state index is 12.1. The first kappa shape index (κ1) is 17.7. The molecule has 116 valence electrons. The van der Waals surface area contributed by atoms with E-state index in [9.17, 15) is 9.59 Å². The van der Waals surface area contributed by atoms with Gasteiger partial charge in [-0.3, -0.25) is 9.59 Å². The zero-order chi connectivity index (χ0) is 15.7. The normalized spacial score (nSPS) is 10.5. The number of carbonyl (C=O) groups excluding carboxylic acids is 2. The van der Waals surface area contributed by atoms with E-state index in [0.29, 0.717) is 30.1 Å². The average Bonchev–Trinajstić information content (AvgIpc) is 2.45. The SMILES string of the molecule is CC(C)CNC(=O)c1ccccc1NC(=O)CCCCBr. The van der Waals surface area contributed by atoms with Gasteiger partial charge in [0.15, 0.2) is 0 Å². The molecule has 0 saturated carbocycles. The number of halogens is 1. The van der Waals surface area contributed by atoms with Gasteiger partial charge >= 0.3 is 0 Å². The van der Waals surface area contributed by atoms with Gasteiger partial charge in [0.1, 0.15) is 0 Å². The number of amides is 2. The Morgan fingerprint density at radius 2 is 1.90 bits per heavy atom. The standard InChI is InChI=1S/C16H23BrN2O2/c1-12(2)11-18-16(21)13-7-3-4-8-14(13)19-15(20)9-5-6-10-17/h3-4,7-8,12H,5-6,9-11H2,1-2H3,(H,18,21)(H,19,20). The van der Waals surface area contributed by atoms with Crippen molar-refractivity contribution in [3.05, 3.63) is 29.8 Å². The van der Waals surface area contributed by atoms with Gasteiger partial charge in [-0.2, -0.15) is 0 Å². The van der Waals surface area contributed by atoms with E-state index >= 15 is 0 Å². The average molecular weight is 355 g/mol. The predicted molar refractivity (Wildman–Crippen MR) is 89.9 cm³/mol. The van der Waals surface area contributed by atoms with Gasteiger partial charge in [-0.15, -0.1) is 0 Å². The van der Waals surface area contributed by atoms with Crippen LogP contribution in [0, 0.1) is 5.92 Å². The number of unbranched alkanes of at least 4 members (excludes halogenated alkanes) is 1. The highest BCUT2D eigenvalue weighted by atomic mass is 79.9. The number of para-hydroxylation sites is 1. The summed E-state index contributed by atoms with van der Waals surface area (Å²) in [6.45, 7) is 4.70. The van der Waals surface area contributed by atoms with E-state index in [-0.39, 0.29) is 11.8 Å². The molecule has 2 amide bonds. The zero-order valence-corrected chi connectivity index (χ0v) is 14.2. The third-order valence-electron chi connectivity index (χ3n) is 2.90. The number of hydrogen-bond acceptors (Lipinski definition) is 2. The van der Waals surface area contributed by atoms with E-state index in [1.807, 2.05) is 19.9 Å². The van der Waals surface area contributed by atoms with Gasteiger partial charge in [0.25, 0.3) is 5.91 Å². The molecular weight excluding hydrogens is 332 g/mol. The predicted octanol–water partition coefficient (Wildman–Crippen LogP) is 3.58. The molecular formula is C16H23BrN2O2. The van der Waals surface area contributed by atoms with Crippen molar-refractivity contribution in [2.24, 2.45) is 5.92 Å². The summed E-state index contributed by atoms with van der Waals surface area (Å²) in [5.74, 6) is 0.181. The summed E-state index contributed by atoms with van der Waals surface area (Å²) in [7, 11) is 0. The maximum atomic E-state index is 12.1. The van der Waals surface area contributed by atoms with E-state index in [1.54, 1.807) is 18.2 Å². The topological polar surface area (TPSA) is 58.2 Å². The first-order chi connectivity index (χ1) is 10.0. The summed E-state index contributed by atoms with van der Waals surface area (Å²) in [6.07, 6.45) is 2.26. The molecule has 4 nitrogen and oxygen atoms in total. The lowest BCUT2D eigenvalue weighted by Crippen LogP contribution is -2.28. The van der Waals surface area contributed by atoms with Gasteiger partial charge in [-0.25, -0.2) is 0 Å². The highest BCUT2D eigenvalue weighted by Gasteiger charge is 2.12. The van der Waals surface area contributed by atoms with Crippen LogP contribution in [0.2, 0.25) is 0 Å². The van der Waals surface area contributed by atoms with Gasteiger partial charge < -0.3 is 10.6 Å². The van der Waals surface area contributed by atoms with Gasteiger partial charge in [0.2, 0.25) is 5.91 Å². The van der Waals surface area contributed by atoms with Crippen molar-refractivity contribution in [2.75, 3.05) is 17.2 Å². The molecule has 0 heterocycles. The fourth-order valence-electron chi connectivity index (χ4n) is 1.77. The minimum Gasteiger partial charge on any atom is -0.352 e. The number of benzene rings is 1. The number of rotatable bonds is 8. The van der Waals surface area contributed by atoms with Crippen molar-refractivity contribution in [3.63, 3.8) is 0 Å². The highest BCUT2D eigenvalue weighted by Crippen LogP contribution is 2.16. The maximum Gasteiger partial charge on any atom is 0.253 e.